The number of rotatable bonds is 5. The van der Waals surface area contributed by atoms with Gasteiger partial charge in [-0.3, -0.25) is 14.0 Å². The first-order valence-corrected chi connectivity index (χ1v) is 10.9. The third kappa shape index (κ3) is 4.36. The number of likely N-dealkylation sites (tertiary alicyclic amines) is 1. The number of hydrogen-bond donors (Lipinski definition) is 1. The first-order chi connectivity index (χ1) is 14.1. The molecule has 2 aliphatic rings. The van der Waals surface area contributed by atoms with E-state index in [2.05, 4.69) is 23.3 Å². The molecule has 1 aliphatic carbocycles. The smallest absolute Gasteiger partial charge is 0.287 e. The Hall–Kier alpha value is -2.63. The summed E-state index contributed by atoms with van der Waals surface area (Å²) in [4.78, 5) is 32.3. The summed E-state index contributed by atoms with van der Waals surface area (Å²) in [5.74, 6) is 0.631. The van der Waals surface area contributed by atoms with Gasteiger partial charge in [-0.1, -0.05) is 24.6 Å². The number of nitrogens with zero attached hydrogens (tertiary/aromatic N) is 3. The average molecular weight is 395 g/mol. The third-order valence-corrected chi connectivity index (χ3v) is 6.14. The fraction of sp³-hybridized carbons (Fsp3) is 0.522. The van der Waals surface area contributed by atoms with Crippen LogP contribution in [0, 0.1) is 5.92 Å². The van der Waals surface area contributed by atoms with Crippen LogP contribution >= 0.6 is 0 Å². The Bertz CT molecular complexity index is 922. The Balaban J connectivity index is 1.50. The summed E-state index contributed by atoms with van der Waals surface area (Å²) in [5, 5.41) is 2.99. The monoisotopic (exact) mass is 394 g/mol. The first-order valence-electron chi connectivity index (χ1n) is 10.9. The zero-order valence-corrected chi connectivity index (χ0v) is 17.2. The van der Waals surface area contributed by atoms with Crippen LogP contribution in [0.15, 0.2) is 36.0 Å². The molecule has 0 aromatic carbocycles. The maximum Gasteiger partial charge on any atom is 0.287 e. The number of carbonyl (C=O) groups is 2. The van der Waals surface area contributed by atoms with Crippen LogP contribution in [-0.4, -0.2) is 45.7 Å². The number of aromatic nitrogens is 2. The van der Waals surface area contributed by atoms with Crippen LogP contribution in [0.5, 0.6) is 0 Å². The van der Waals surface area contributed by atoms with Crippen molar-refractivity contribution >= 4 is 17.3 Å². The Kier molecular flexibility index (Phi) is 5.97. The highest BCUT2D eigenvalue weighted by Crippen LogP contribution is 2.21. The van der Waals surface area contributed by atoms with Gasteiger partial charge in [-0.2, -0.15) is 0 Å². The average Bonchev–Trinajstić information content (AvgIpc) is 3.14. The van der Waals surface area contributed by atoms with E-state index in [1.54, 1.807) is 10.6 Å². The minimum Gasteiger partial charge on any atom is -0.349 e. The van der Waals surface area contributed by atoms with E-state index in [-0.39, 0.29) is 17.6 Å². The van der Waals surface area contributed by atoms with Gasteiger partial charge >= 0.3 is 0 Å². The minimum atomic E-state index is -0.228. The molecule has 4 rings (SSSR count). The van der Waals surface area contributed by atoms with Crippen LogP contribution in [-0.2, 0) is 0 Å². The van der Waals surface area contributed by atoms with Crippen molar-refractivity contribution in [3.63, 3.8) is 0 Å². The Morgan fingerprint density at radius 1 is 1.21 bits per heavy atom. The standard InChI is InChI=1S/C23H30N4O2/c1-17-11-15-26(16-12-17)23(29)20-19-9-5-6-14-27(19)21(25-20)22(28)24-13-10-18-7-3-2-4-8-18/h5-7,9,14,17H,2-4,8,10-13,15-16H2,1H3,(H,24,28). The van der Waals surface area contributed by atoms with Crippen molar-refractivity contribution in [1.29, 1.82) is 0 Å². The zero-order valence-electron chi connectivity index (χ0n) is 17.2. The van der Waals surface area contributed by atoms with E-state index >= 15 is 0 Å². The zero-order chi connectivity index (χ0) is 20.2. The second-order valence-electron chi connectivity index (χ2n) is 8.33. The normalized spacial score (nSPS) is 18.0. The number of nitrogens with one attached hydrogen (secondary N) is 1. The van der Waals surface area contributed by atoms with Gasteiger partial charge < -0.3 is 10.2 Å². The molecule has 0 spiro atoms. The van der Waals surface area contributed by atoms with Gasteiger partial charge in [0.25, 0.3) is 11.8 Å². The second-order valence-corrected chi connectivity index (χ2v) is 8.33. The lowest BCUT2D eigenvalue weighted by molar-refractivity contribution is 0.0694. The summed E-state index contributed by atoms with van der Waals surface area (Å²) in [7, 11) is 0. The van der Waals surface area contributed by atoms with Gasteiger partial charge in [0.05, 0.1) is 5.52 Å². The molecule has 2 aromatic heterocycles. The summed E-state index contributed by atoms with van der Waals surface area (Å²) in [6.07, 6.45) is 11.8. The van der Waals surface area contributed by atoms with E-state index in [0.29, 0.717) is 23.7 Å². The van der Waals surface area contributed by atoms with Crippen LogP contribution in [0.1, 0.15) is 73.0 Å². The summed E-state index contributed by atoms with van der Waals surface area (Å²) in [6, 6.07) is 5.59. The summed E-state index contributed by atoms with van der Waals surface area (Å²) < 4.78 is 1.73. The number of imidazole rings is 1. The van der Waals surface area contributed by atoms with Crippen molar-refractivity contribution in [3.05, 3.63) is 47.6 Å². The molecule has 3 heterocycles. The van der Waals surface area contributed by atoms with Gasteiger partial charge in [0.15, 0.2) is 5.69 Å². The van der Waals surface area contributed by atoms with E-state index in [4.69, 9.17) is 0 Å². The maximum atomic E-state index is 13.1. The van der Waals surface area contributed by atoms with Crippen LogP contribution in [0.25, 0.3) is 5.52 Å². The number of hydrogen-bond acceptors (Lipinski definition) is 3. The van der Waals surface area contributed by atoms with E-state index in [1.165, 1.54) is 18.4 Å². The fourth-order valence-electron chi connectivity index (χ4n) is 4.26. The molecule has 0 unspecified atom stereocenters. The van der Waals surface area contributed by atoms with Gasteiger partial charge in [-0.05, 0) is 63.0 Å². The topological polar surface area (TPSA) is 66.7 Å². The summed E-state index contributed by atoms with van der Waals surface area (Å²) >= 11 is 0. The highest BCUT2D eigenvalue weighted by Gasteiger charge is 2.27. The van der Waals surface area contributed by atoms with Gasteiger partial charge in [0.2, 0.25) is 5.82 Å². The third-order valence-electron chi connectivity index (χ3n) is 6.14. The lowest BCUT2D eigenvalue weighted by atomic mass is 9.97. The van der Waals surface area contributed by atoms with Crippen LogP contribution < -0.4 is 5.32 Å². The van der Waals surface area contributed by atoms with Crippen molar-refractivity contribution in [2.24, 2.45) is 5.92 Å². The predicted molar refractivity (Wildman–Crippen MR) is 113 cm³/mol. The molecule has 0 radical (unpaired) electrons. The van der Waals surface area contributed by atoms with Gasteiger partial charge in [-0.15, -0.1) is 0 Å². The Morgan fingerprint density at radius 3 is 2.79 bits per heavy atom. The van der Waals surface area contributed by atoms with E-state index < -0.39 is 0 Å². The van der Waals surface area contributed by atoms with Gasteiger partial charge in [0.1, 0.15) is 0 Å². The van der Waals surface area contributed by atoms with Crippen molar-refractivity contribution < 1.29 is 9.59 Å². The molecule has 1 fully saturated rings. The van der Waals surface area contributed by atoms with Crippen molar-refractivity contribution in [2.45, 2.75) is 51.9 Å². The number of piperidine rings is 1. The summed E-state index contributed by atoms with van der Waals surface area (Å²) in [6.45, 7) is 4.32. The molecule has 6 nitrogen and oxygen atoms in total. The highest BCUT2D eigenvalue weighted by atomic mass is 16.2. The summed E-state index contributed by atoms with van der Waals surface area (Å²) in [5.41, 5.74) is 2.50. The van der Waals surface area contributed by atoms with Crippen molar-refractivity contribution in [1.82, 2.24) is 19.6 Å². The van der Waals surface area contributed by atoms with Crippen LogP contribution in [0.4, 0.5) is 0 Å². The predicted octanol–water partition coefficient (Wildman–Crippen LogP) is 3.83. The lowest BCUT2D eigenvalue weighted by Crippen LogP contribution is -2.38. The number of amides is 2. The van der Waals surface area contributed by atoms with E-state index in [1.807, 2.05) is 23.1 Å². The quantitative estimate of drug-likeness (QED) is 0.784. The molecule has 29 heavy (non-hydrogen) atoms. The minimum absolute atomic E-state index is 0.0768. The molecule has 0 atom stereocenters. The molecule has 2 amide bonds. The van der Waals surface area contributed by atoms with Gasteiger partial charge in [-0.25, -0.2) is 4.98 Å². The van der Waals surface area contributed by atoms with Crippen LogP contribution in [0.3, 0.4) is 0 Å². The Labute approximate surface area is 172 Å². The molecule has 1 N–H and O–H groups in total. The van der Waals surface area contributed by atoms with Crippen LogP contribution in [0.2, 0.25) is 0 Å². The number of pyridine rings is 1. The largest absolute Gasteiger partial charge is 0.349 e. The molecular weight excluding hydrogens is 364 g/mol. The SMILES string of the molecule is CC1CCN(C(=O)c2nc(C(=O)NCCC3=CCCCC3)n3ccccc23)CC1. The van der Waals surface area contributed by atoms with E-state index in [9.17, 15) is 9.59 Å². The molecule has 154 valence electrons. The number of carbonyl (C=O) groups excluding carboxylic acids is 2. The second kappa shape index (κ2) is 8.80. The molecule has 0 bridgehead atoms. The maximum absolute atomic E-state index is 13.1. The van der Waals surface area contributed by atoms with Crippen molar-refractivity contribution in [3.8, 4) is 0 Å². The molecule has 2 aromatic rings. The number of allylic oxidation sites excluding steroid dienone is 1. The van der Waals surface area contributed by atoms with Gasteiger partial charge in [0, 0.05) is 25.8 Å². The Morgan fingerprint density at radius 2 is 2.03 bits per heavy atom. The first kappa shape index (κ1) is 19.7. The lowest BCUT2D eigenvalue weighted by Gasteiger charge is -2.29. The number of fused-ring (bicyclic) bond motifs is 1. The molecule has 1 aliphatic heterocycles. The van der Waals surface area contributed by atoms with E-state index in [0.717, 1.165) is 45.2 Å². The highest BCUT2D eigenvalue weighted by molar-refractivity contribution is 6.02. The molecule has 0 saturated carbocycles. The molecular formula is C23H30N4O2. The van der Waals surface area contributed by atoms with Crippen molar-refractivity contribution in [2.75, 3.05) is 19.6 Å². The fourth-order valence-corrected chi connectivity index (χ4v) is 4.26. The molecule has 1 saturated heterocycles. The molecule has 6 heteroatoms.